The smallest absolute Gasteiger partial charge is 0.251 e. The molecule has 26 heavy (non-hydrogen) atoms. The summed E-state index contributed by atoms with van der Waals surface area (Å²) in [5.41, 5.74) is 0.431. The van der Waals surface area contributed by atoms with Crippen LogP contribution in [0.5, 0.6) is 0 Å². The van der Waals surface area contributed by atoms with E-state index in [-0.39, 0.29) is 16.8 Å². The Morgan fingerprint density at radius 2 is 1.96 bits per heavy atom. The molecule has 142 valence electrons. The Balaban J connectivity index is 1.46. The van der Waals surface area contributed by atoms with Crippen LogP contribution in [0.15, 0.2) is 29.2 Å². The molecule has 2 aliphatic carbocycles. The number of rotatable bonds is 5. The van der Waals surface area contributed by atoms with Crippen LogP contribution in [-0.4, -0.2) is 37.8 Å². The molecule has 1 aliphatic heterocycles. The zero-order chi connectivity index (χ0) is 18.3. The molecule has 4 rings (SSSR count). The number of fused-ring (bicyclic) bond motifs is 2. The van der Waals surface area contributed by atoms with E-state index in [2.05, 4.69) is 12.2 Å². The second-order valence-corrected chi connectivity index (χ2v) is 10.2. The van der Waals surface area contributed by atoms with Crippen molar-refractivity contribution in [3.05, 3.63) is 29.8 Å². The van der Waals surface area contributed by atoms with Gasteiger partial charge in [0.15, 0.2) is 0 Å². The maximum atomic E-state index is 12.7. The molecule has 5 nitrogen and oxygen atoms in total. The Labute approximate surface area is 156 Å². The van der Waals surface area contributed by atoms with Crippen molar-refractivity contribution >= 4 is 15.9 Å². The quantitative estimate of drug-likeness (QED) is 0.859. The average Bonchev–Trinajstić information content (AvgIpc) is 3.39. The summed E-state index contributed by atoms with van der Waals surface area (Å²) in [6.07, 6.45) is 6.97. The highest BCUT2D eigenvalue weighted by atomic mass is 32.2. The molecule has 0 aromatic heterocycles. The fourth-order valence-corrected chi connectivity index (χ4v) is 6.74. The lowest BCUT2D eigenvalue weighted by atomic mass is 9.84. The van der Waals surface area contributed by atoms with Gasteiger partial charge < -0.3 is 5.32 Å². The number of carbonyl (C=O) groups excluding carboxylic acids is 1. The van der Waals surface area contributed by atoms with E-state index in [0.717, 1.165) is 24.7 Å². The highest BCUT2D eigenvalue weighted by Gasteiger charge is 2.42. The Bertz CT molecular complexity index is 786. The van der Waals surface area contributed by atoms with Crippen LogP contribution in [0.3, 0.4) is 0 Å². The molecule has 0 spiro atoms. The Morgan fingerprint density at radius 3 is 2.62 bits per heavy atom. The molecule has 1 aromatic carbocycles. The lowest BCUT2D eigenvalue weighted by Gasteiger charge is -2.28. The van der Waals surface area contributed by atoms with Crippen LogP contribution >= 0.6 is 0 Å². The predicted octanol–water partition coefficient (Wildman–Crippen LogP) is 3.03. The monoisotopic (exact) mass is 376 g/mol. The van der Waals surface area contributed by atoms with Gasteiger partial charge in [-0.2, -0.15) is 4.31 Å². The third kappa shape index (κ3) is 3.29. The normalized spacial score (nSPS) is 29.8. The van der Waals surface area contributed by atoms with Gasteiger partial charge in [0.05, 0.1) is 4.90 Å². The maximum absolute atomic E-state index is 12.7. The van der Waals surface area contributed by atoms with Gasteiger partial charge in [-0.3, -0.25) is 4.79 Å². The van der Waals surface area contributed by atoms with Gasteiger partial charge in [-0.1, -0.05) is 12.5 Å². The molecule has 1 amide bonds. The summed E-state index contributed by atoms with van der Waals surface area (Å²) in [5.74, 6) is 1.99. The number of hydrogen-bond donors (Lipinski definition) is 1. The summed E-state index contributed by atoms with van der Waals surface area (Å²) < 4.78 is 27.0. The first-order valence-electron chi connectivity index (χ1n) is 9.86. The zero-order valence-corrected chi connectivity index (χ0v) is 16.2. The van der Waals surface area contributed by atoms with E-state index < -0.39 is 10.0 Å². The third-order valence-corrected chi connectivity index (χ3v) is 8.49. The van der Waals surface area contributed by atoms with Gasteiger partial charge in [0, 0.05) is 24.7 Å². The van der Waals surface area contributed by atoms with Crippen molar-refractivity contribution in [1.82, 2.24) is 9.62 Å². The van der Waals surface area contributed by atoms with Gasteiger partial charge >= 0.3 is 0 Å². The van der Waals surface area contributed by atoms with Crippen molar-refractivity contribution in [3.63, 3.8) is 0 Å². The number of nitrogens with one attached hydrogen (secondary N) is 1. The molecule has 3 fully saturated rings. The Morgan fingerprint density at radius 1 is 1.19 bits per heavy atom. The molecule has 1 heterocycles. The first-order valence-corrected chi connectivity index (χ1v) is 11.3. The van der Waals surface area contributed by atoms with Crippen molar-refractivity contribution in [2.24, 2.45) is 17.8 Å². The van der Waals surface area contributed by atoms with Crippen LogP contribution in [0.25, 0.3) is 0 Å². The average molecular weight is 377 g/mol. The molecule has 1 saturated heterocycles. The second-order valence-electron chi connectivity index (χ2n) is 8.24. The number of hydrogen-bond acceptors (Lipinski definition) is 3. The molecule has 1 aromatic rings. The van der Waals surface area contributed by atoms with Crippen LogP contribution in [-0.2, 0) is 10.0 Å². The van der Waals surface area contributed by atoms with Crippen molar-refractivity contribution in [1.29, 1.82) is 0 Å². The molecule has 3 aliphatic rings. The van der Waals surface area contributed by atoms with Gasteiger partial charge in [0.1, 0.15) is 0 Å². The van der Waals surface area contributed by atoms with E-state index in [0.29, 0.717) is 24.6 Å². The van der Waals surface area contributed by atoms with Gasteiger partial charge in [0.25, 0.3) is 5.91 Å². The molecule has 2 saturated carbocycles. The summed E-state index contributed by atoms with van der Waals surface area (Å²) in [6.45, 7) is 3.23. The number of sulfonamides is 1. The van der Waals surface area contributed by atoms with E-state index in [1.165, 1.54) is 36.1 Å². The molecule has 0 unspecified atom stereocenters. The lowest BCUT2D eigenvalue weighted by molar-refractivity contribution is 0.0915. The highest BCUT2D eigenvalue weighted by molar-refractivity contribution is 7.89. The minimum absolute atomic E-state index is 0.136. The van der Waals surface area contributed by atoms with Crippen LogP contribution in [0.4, 0.5) is 0 Å². The fraction of sp³-hybridized carbons (Fsp3) is 0.650. The molecule has 1 N–H and O–H groups in total. The van der Waals surface area contributed by atoms with Crippen molar-refractivity contribution in [2.45, 2.75) is 56.4 Å². The third-order valence-electron chi connectivity index (χ3n) is 6.59. The summed E-state index contributed by atoms with van der Waals surface area (Å²) >= 11 is 0. The van der Waals surface area contributed by atoms with Gasteiger partial charge in [-0.05, 0) is 75.0 Å². The first-order chi connectivity index (χ1) is 12.4. The molecule has 2 bridgehead atoms. The lowest BCUT2D eigenvalue weighted by Crippen LogP contribution is -2.40. The van der Waals surface area contributed by atoms with E-state index in [9.17, 15) is 13.2 Å². The largest absolute Gasteiger partial charge is 0.349 e. The van der Waals surface area contributed by atoms with Crippen LogP contribution < -0.4 is 5.32 Å². The highest BCUT2D eigenvalue weighted by Crippen LogP contribution is 2.49. The van der Waals surface area contributed by atoms with Crippen molar-refractivity contribution in [3.8, 4) is 0 Å². The number of benzene rings is 1. The predicted molar refractivity (Wildman–Crippen MR) is 100 cm³/mol. The second kappa shape index (κ2) is 6.97. The van der Waals surface area contributed by atoms with E-state index >= 15 is 0 Å². The molecule has 6 heteroatoms. The summed E-state index contributed by atoms with van der Waals surface area (Å²) in [4.78, 5) is 12.9. The van der Waals surface area contributed by atoms with Gasteiger partial charge in [-0.25, -0.2) is 8.42 Å². The van der Waals surface area contributed by atoms with Gasteiger partial charge in [0.2, 0.25) is 10.0 Å². The van der Waals surface area contributed by atoms with Gasteiger partial charge in [-0.15, -0.1) is 0 Å². The number of carbonyl (C=O) groups is 1. The Kier molecular flexibility index (Phi) is 4.82. The summed E-state index contributed by atoms with van der Waals surface area (Å²) in [6, 6.07) is 6.61. The van der Waals surface area contributed by atoms with Crippen molar-refractivity contribution < 1.29 is 13.2 Å². The zero-order valence-electron chi connectivity index (χ0n) is 15.4. The first kappa shape index (κ1) is 18.0. The summed E-state index contributed by atoms with van der Waals surface area (Å²) in [7, 11) is -3.49. The van der Waals surface area contributed by atoms with Crippen molar-refractivity contribution in [2.75, 3.05) is 13.1 Å². The van der Waals surface area contributed by atoms with E-state index in [1.807, 2.05) is 0 Å². The van der Waals surface area contributed by atoms with E-state index in [4.69, 9.17) is 0 Å². The van der Waals surface area contributed by atoms with Crippen LogP contribution in [0, 0.1) is 17.8 Å². The molecule has 0 radical (unpaired) electrons. The standard InChI is InChI=1S/C20H28N2O3S/c1-14(19-12-15-7-8-16(19)11-15)21-20(23)17-5-4-6-18(13-17)26(24,25)22-9-2-3-10-22/h4-6,13-16,19H,2-3,7-12H2,1H3,(H,21,23)/t14-,15+,16+,19-/m0/s1. The number of amides is 1. The minimum Gasteiger partial charge on any atom is -0.349 e. The summed E-state index contributed by atoms with van der Waals surface area (Å²) in [5, 5.41) is 3.12. The molecule has 4 atom stereocenters. The fourth-order valence-electron chi connectivity index (χ4n) is 5.18. The minimum atomic E-state index is -3.49. The number of nitrogens with zero attached hydrogens (tertiary/aromatic N) is 1. The maximum Gasteiger partial charge on any atom is 0.251 e. The van der Waals surface area contributed by atoms with Crippen LogP contribution in [0.1, 0.15) is 55.8 Å². The molecular weight excluding hydrogens is 348 g/mol. The van der Waals surface area contributed by atoms with Crippen LogP contribution in [0.2, 0.25) is 0 Å². The van der Waals surface area contributed by atoms with E-state index in [1.54, 1.807) is 18.2 Å². The topological polar surface area (TPSA) is 66.5 Å². The SMILES string of the molecule is C[C@H](NC(=O)c1cccc(S(=O)(=O)N2CCCC2)c1)[C@@H]1C[C@@H]2CC[C@@H]1C2. The Hall–Kier alpha value is -1.40. The molecular formula is C20H28N2O3S.